The van der Waals surface area contributed by atoms with Crippen molar-refractivity contribution in [2.75, 3.05) is 26.4 Å². The zero-order valence-electron chi connectivity index (χ0n) is 46.9. The minimum Gasteiger partial charge on any atom is -0.460 e. The van der Waals surface area contributed by atoms with Crippen molar-refractivity contribution >= 4 is 29.8 Å². The van der Waals surface area contributed by atoms with Gasteiger partial charge in [0.25, 0.3) is 0 Å². The Bertz CT molecular complexity index is 2840. The topological polar surface area (TPSA) is 377 Å². The zero-order valence-corrected chi connectivity index (χ0v) is 46.9. The number of carbonyl (C=O) groups excluding carboxylic acids is 5. The highest BCUT2D eigenvalue weighted by atomic mass is 16.8. The summed E-state index contributed by atoms with van der Waals surface area (Å²) < 4.78 is 65.4. The highest BCUT2D eigenvalue weighted by Gasteiger charge is 2.60. The third-order valence-corrected chi connectivity index (χ3v) is 14.7. The van der Waals surface area contributed by atoms with Gasteiger partial charge in [-0.1, -0.05) is 98.7 Å². The highest BCUT2D eigenvalue weighted by molar-refractivity contribution is 5.91. The Hall–Kier alpha value is -6.98. The third-order valence-electron chi connectivity index (χ3n) is 14.7. The molecular formula is C59H71N3O23. The molecule has 19 atom stereocenters. The maximum absolute atomic E-state index is 13.8. The lowest BCUT2D eigenvalue weighted by Gasteiger charge is -2.49. The first-order chi connectivity index (χ1) is 40.9. The average molecular weight is 1190 g/mol. The van der Waals surface area contributed by atoms with E-state index in [2.05, 4.69) is 10.0 Å². The molecule has 0 radical (unpaired) electrons. The van der Waals surface area contributed by atoms with Gasteiger partial charge in [-0.3, -0.25) is 4.79 Å². The van der Waals surface area contributed by atoms with Crippen molar-refractivity contribution in [1.29, 1.82) is 0 Å². The molecule has 4 fully saturated rings. The lowest BCUT2D eigenvalue weighted by atomic mass is 9.88. The van der Waals surface area contributed by atoms with Crippen LogP contribution in [-0.4, -0.2) is 202 Å². The molecular weight excluding hydrogens is 1120 g/mol. The number of azide groups is 1. The Kier molecular flexibility index (Phi) is 23.8. The van der Waals surface area contributed by atoms with E-state index >= 15 is 0 Å². The van der Waals surface area contributed by atoms with Crippen LogP contribution < -0.4 is 0 Å². The second-order valence-electron chi connectivity index (χ2n) is 20.4. The van der Waals surface area contributed by atoms with Gasteiger partial charge in [0.1, 0.15) is 61.5 Å². The number of aliphatic hydroxyl groups excluding tert-OH is 7. The molecule has 4 heterocycles. The van der Waals surface area contributed by atoms with Gasteiger partial charge in [-0.15, -0.1) is 0 Å². The third kappa shape index (κ3) is 16.1. The Morgan fingerprint density at radius 1 is 0.541 bits per heavy atom. The molecule has 4 aliphatic heterocycles. The summed E-state index contributed by atoms with van der Waals surface area (Å²) in [6.07, 6.45) is -21.9. The van der Waals surface area contributed by atoms with Crippen molar-refractivity contribution < 1.29 is 112 Å². The molecule has 0 aliphatic carbocycles. The van der Waals surface area contributed by atoms with E-state index in [4.69, 9.17) is 57.6 Å². The van der Waals surface area contributed by atoms with Crippen LogP contribution in [0, 0.1) is 5.92 Å². The van der Waals surface area contributed by atoms with Crippen LogP contribution in [0.25, 0.3) is 10.4 Å². The smallest absolute Gasteiger partial charge is 0.338 e. The SMILES string of the molecule is CC[C@H]1O[C@@H](O[C@H]2[C@H](OC(=O)c3ccccc3)[C@@H](OC(=O)c3ccccc3)[C@@H](C)O[C@@H]2CC)[C@H](OC(=O)c2ccccc2)[C@@H](OC(=O)c2ccccc2)[C@@H]1C.[N-]=[N+]=NCCC(=O)OC[C@@]1(O[C@H]2O[C@H](CO)[C@@H](O)[C@H](O)[C@H]2O)O[C@H](CO)[C@@H](O)[C@@H]1O. The molecule has 0 saturated carbocycles. The minimum absolute atomic E-state index is 0.207. The van der Waals surface area contributed by atoms with E-state index in [-0.39, 0.29) is 24.1 Å². The van der Waals surface area contributed by atoms with Crippen LogP contribution in [-0.2, 0) is 56.9 Å². The van der Waals surface area contributed by atoms with Gasteiger partial charge in [-0.25, -0.2) is 19.2 Å². The molecule has 0 unspecified atom stereocenters. The van der Waals surface area contributed by atoms with Gasteiger partial charge in [-0.2, -0.15) is 0 Å². The molecule has 7 N–H and O–H groups in total. The van der Waals surface area contributed by atoms with E-state index in [0.717, 1.165) is 0 Å². The van der Waals surface area contributed by atoms with Crippen molar-refractivity contribution in [3.05, 3.63) is 154 Å². The molecule has 4 aliphatic rings. The largest absolute Gasteiger partial charge is 0.460 e. The zero-order chi connectivity index (χ0) is 61.4. The average Bonchev–Trinajstić information content (AvgIpc) is 2.05. The lowest BCUT2D eigenvalue weighted by molar-refractivity contribution is -0.383. The monoisotopic (exact) mass is 1190 g/mol. The standard InChI is InChI=1S/C44H46O11.C15H25N3O12/c1-5-33-27(3)35(51-40(45)29-19-11-7-12-20-29)39(54-43(48)32-25-17-10-18-26-32)44(50-33)55-37-34(6-2)49-28(4)36(52-41(46)30-21-13-8-14-22-30)38(37)53-42(47)31-23-15-9-16-24-31;16-18-17-2-1-8(21)27-5-15(13(26)10(23)7(4-20)29-15)30-14-12(25)11(24)9(22)6(3-19)28-14/h7-28,33-39,44H,5-6H2,1-4H3;6-7,9-14,19-20,22-26H,1-5H2/t27-,28-,33-,34-,35+,36+,37-,38-,39-,44+;6-,7-,9-,10-,11+,12-,13+,14-,15+/m11/s1. The molecule has 0 aromatic heterocycles. The molecule has 26 nitrogen and oxygen atoms in total. The van der Waals surface area contributed by atoms with Crippen LogP contribution in [0.15, 0.2) is 126 Å². The van der Waals surface area contributed by atoms with E-state index in [0.29, 0.717) is 24.0 Å². The van der Waals surface area contributed by atoms with Crippen LogP contribution in [0.5, 0.6) is 0 Å². The second kappa shape index (κ2) is 30.9. The number of hydrogen-bond donors (Lipinski definition) is 7. The summed E-state index contributed by atoms with van der Waals surface area (Å²) in [5, 5.41) is 72.2. The Balaban J connectivity index is 0.000000292. The first kappa shape index (κ1) is 65.6. The fraction of sp³-hybridized carbons (Fsp3) is 0.508. The molecule has 0 spiro atoms. The molecule has 26 heteroatoms. The minimum atomic E-state index is -2.34. The first-order valence-electron chi connectivity index (χ1n) is 27.7. The molecule has 85 heavy (non-hydrogen) atoms. The van der Waals surface area contributed by atoms with Crippen LogP contribution in [0.3, 0.4) is 0 Å². The summed E-state index contributed by atoms with van der Waals surface area (Å²) in [5.41, 5.74) is 9.37. The van der Waals surface area contributed by atoms with Crippen LogP contribution in [0.4, 0.5) is 0 Å². The molecule has 4 aromatic rings. The predicted octanol–water partition coefficient (Wildman–Crippen LogP) is 3.10. The predicted molar refractivity (Wildman–Crippen MR) is 291 cm³/mol. The van der Waals surface area contributed by atoms with Crippen molar-refractivity contribution in [3.8, 4) is 0 Å². The van der Waals surface area contributed by atoms with Gasteiger partial charge in [0, 0.05) is 17.4 Å². The maximum Gasteiger partial charge on any atom is 0.338 e. The fourth-order valence-electron chi connectivity index (χ4n) is 10.1. The fourth-order valence-corrected chi connectivity index (χ4v) is 10.1. The summed E-state index contributed by atoms with van der Waals surface area (Å²) in [6.45, 7) is 4.86. The van der Waals surface area contributed by atoms with Gasteiger partial charge < -0.3 is 87.9 Å². The van der Waals surface area contributed by atoms with Crippen molar-refractivity contribution in [3.63, 3.8) is 0 Å². The first-order valence-corrected chi connectivity index (χ1v) is 27.7. The Morgan fingerprint density at radius 3 is 1.46 bits per heavy atom. The number of carbonyl (C=O) groups is 5. The number of esters is 5. The number of ether oxygens (including phenoxy) is 11. The van der Waals surface area contributed by atoms with Crippen LogP contribution in [0.2, 0.25) is 0 Å². The summed E-state index contributed by atoms with van der Waals surface area (Å²) in [4.78, 5) is 68.9. The van der Waals surface area contributed by atoms with Gasteiger partial charge >= 0.3 is 29.8 Å². The van der Waals surface area contributed by atoms with Crippen molar-refractivity contribution in [1.82, 2.24) is 0 Å². The number of benzene rings is 4. The number of nitrogens with zero attached hydrogens (tertiary/aromatic N) is 3. The molecule has 0 bridgehead atoms. The number of hydrogen-bond acceptors (Lipinski definition) is 24. The molecule has 4 saturated heterocycles. The van der Waals surface area contributed by atoms with Crippen LogP contribution in [0.1, 0.15) is 88.4 Å². The van der Waals surface area contributed by atoms with Crippen LogP contribution >= 0.6 is 0 Å². The summed E-state index contributed by atoms with van der Waals surface area (Å²) in [6, 6.07) is 33.8. The summed E-state index contributed by atoms with van der Waals surface area (Å²) in [5.74, 6) is -6.28. The van der Waals surface area contributed by atoms with Crippen molar-refractivity contribution in [2.45, 2.75) is 157 Å². The van der Waals surface area contributed by atoms with E-state index in [9.17, 15) is 59.7 Å². The second-order valence-corrected chi connectivity index (χ2v) is 20.4. The molecule has 8 rings (SSSR count). The Labute approximate surface area is 488 Å². The summed E-state index contributed by atoms with van der Waals surface area (Å²) in [7, 11) is 0. The summed E-state index contributed by atoms with van der Waals surface area (Å²) >= 11 is 0. The molecule has 460 valence electrons. The van der Waals surface area contributed by atoms with Gasteiger partial charge in [0.15, 0.2) is 30.9 Å². The van der Waals surface area contributed by atoms with Gasteiger partial charge in [-0.05, 0) is 73.8 Å². The molecule has 0 amide bonds. The van der Waals surface area contributed by atoms with Gasteiger partial charge in [0.2, 0.25) is 5.79 Å². The van der Waals surface area contributed by atoms with E-state index < -0.39 is 166 Å². The van der Waals surface area contributed by atoms with E-state index in [1.165, 1.54) is 0 Å². The van der Waals surface area contributed by atoms with E-state index in [1.54, 1.807) is 128 Å². The highest BCUT2D eigenvalue weighted by Crippen LogP contribution is 2.40. The number of rotatable bonds is 21. The lowest BCUT2D eigenvalue weighted by Crippen LogP contribution is -2.64. The maximum atomic E-state index is 13.8. The molecule has 4 aromatic carbocycles. The quantitative estimate of drug-likeness (QED) is 0.0207. The van der Waals surface area contributed by atoms with Crippen molar-refractivity contribution in [2.24, 2.45) is 11.0 Å². The van der Waals surface area contributed by atoms with E-state index in [1.807, 2.05) is 20.8 Å². The number of aliphatic hydroxyl groups is 7. The van der Waals surface area contributed by atoms with Gasteiger partial charge in [0.05, 0.1) is 60.2 Å². The normalized spacial score (nSPS) is 32.5. The Morgan fingerprint density at radius 2 is 1.00 bits per heavy atom.